The number of halogens is 1. The van der Waals surface area contributed by atoms with Crippen molar-refractivity contribution in [1.29, 1.82) is 0 Å². The van der Waals surface area contributed by atoms with Crippen molar-refractivity contribution in [2.45, 2.75) is 95.7 Å². The van der Waals surface area contributed by atoms with E-state index in [-0.39, 0.29) is 18.6 Å². The standard InChI is InChI=1S/C26H35FN4O/c1-16-24-25(30-29-16)22-12-20(17-8-4-2-5-9-17)21(18-10-6-3-7-11-18)13-23(22)31(26(24)32)15-19(27)14-28/h12-13,17-19H,2-11,14-15,28H2,1H3,(H,29,30)/t19-/m0/s1. The monoisotopic (exact) mass is 438 g/mol. The third-order valence-corrected chi connectivity index (χ3v) is 7.88. The van der Waals surface area contributed by atoms with Crippen molar-refractivity contribution in [3.05, 3.63) is 39.3 Å². The molecule has 0 radical (unpaired) electrons. The maximum absolute atomic E-state index is 14.5. The van der Waals surface area contributed by atoms with Crippen molar-refractivity contribution in [2.75, 3.05) is 6.54 Å². The lowest BCUT2D eigenvalue weighted by atomic mass is 9.75. The normalized spacial score (nSPS) is 19.7. The van der Waals surface area contributed by atoms with Crippen LogP contribution in [-0.4, -0.2) is 27.5 Å². The number of H-pyrrole nitrogens is 1. The summed E-state index contributed by atoms with van der Waals surface area (Å²) in [5.74, 6) is 1.10. The fourth-order valence-electron chi connectivity index (χ4n) is 6.15. The minimum absolute atomic E-state index is 0.0146. The summed E-state index contributed by atoms with van der Waals surface area (Å²) < 4.78 is 16.1. The van der Waals surface area contributed by atoms with Crippen molar-refractivity contribution >= 4 is 21.8 Å². The topological polar surface area (TPSA) is 76.7 Å². The Morgan fingerprint density at radius 1 is 1.06 bits per heavy atom. The van der Waals surface area contributed by atoms with Crippen molar-refractivity contribution in [1.82, 2.24) is 14.8 Å². The van der Waals surface area contributed by atoms with Crippen LogP contribution >= 0.6 is 0 Å². The fourth-order valence-corrected chi connectivity index (χ4v) is 6.15. The molecule has 2 fully saturated rings. The maximum Gasteiger partial charge on any atom is 0.262 e. The van der Waals surface area contributed by atoms with E-state index in [4.69, 9.17) is 5.73 Å². The molecule has 3 aromatic rings. The molecule has 0 aliphatic heterocycles. The van der Waals surface area contributed by atoms with E-state index in [9.17, 15) is 9.18 Å². The molecule has 2 aliphatic carbocycles. The lowest BCUT2D eigenvalue weighted by Gasteiger charge is -2.30. The highest BCUT2D eigenvalue weighted by molar-refractivity contribution is 6.04. The molecule has 3 N–H and O–H groups in total. The molecule has 0 unspecified atom stereocenters. The summed E-state index contributed by atoms with van der Waals surface area (Å²) in [4.78, 5) is 13.4. The van der Waals surface area contributed by atoms with E-state index >= 15 is 0 Å². The zero-order valence-electron chi connectivity index (χ0n) is 19.1. The third kappa shape index (κ3) is 3.76. The zero-order valence-corrected chi connectivity index (χ0v) is 19.1. The predicted molar refractivity (Wildman–Crippen MR) is 128 cm³/mol. The van der Waals surface area contributed by atoms with Gasteiger partial charge >= 0.3 is 0 Å². The molecule has 5 nitrogen and oxygen atoms in total. The number of alkyl halides is 1. The number of rotatable bonds is 5. The van der Waals surface area contributed by atoms with Gasteiger partial charge in [0.2, 0.25) is 0 Å². The first-order valence-corrected chi connectivity index (χ1v) is 12.5. The number of aromatic nitrogens is 3. The number of fused-ring (bicyclic) bond motifs is 3. The summed E-state index contributed by atoms with van der Waals surface area (Å²) in [5, 5.41) is 9.06. The Hall–Kier alpha value is -2.21. The first-order valence-electron chi connectivity index (χ1n) is 12.5. The first-order chi connectivity index (χ1) is 15.6. The van der Waals surface area contributed by atoms with E-state index in [1.165, 1.54) is 75.3 Å². The molecule has 2 aromatic heterocycles. The molecular weight excluding hydrogens is 403 g/mol. The number of benzene rings is 1. The smallest absolute Gasteiger partial charge is 0.262 e. The van der Waals surface area contributed by atoms with Crippen molar-refractivity contribution in [3.63, 3.8) is 0 Å². The van der Waals surface area contributed by atoms with Gasteiger partial charge < -0.3 is 10.3 Å². The second-order valence-corrected chi connectivity index (χ2v) is 9.99. The second kappa shape index (κ2) is 8.97. The Morgan fingerprint density at radius 3 is 2.25 bits per heavy atom. The molecule has 0 saturated heterocycles. The van der Waals surface area contributed by atoms with Gasteiger partial charge in [0.25, 0.3) is 5.56 Å². The summed E-state index contributed by atoms with van der Waals surface area (Å²) in [7, 11) is 0. The third-order valence-electron chi connectivity index (χ3n) is 7.88. The van der Waals surface area contributed by atoms with Crippen LogP contribution in [0, 0.1) is 6.92 Å². The van der Waals surface area contributed by atoms with Gasteiger partial charge in [0.1, 0.15) is 11.7 Å². The highest BCUT2D eigenvalue weighted by Gasteiger charge is 2.27. The molecular formula is C26H35FN4O. The van der Waals surface area contributed by atoms with Gasteiger partial charge in [-0.25, -0.2) is 4.39 Å². The molecule has 2 heterocycles. The average molecular weight is 439 g/mol. The summed E-state index contributed by atoms with van der Waals surface area (Å²) >= 11 is 0. The molecule has 0 bridgehead atoms. The minimum atomic E-state index is -1.25. The summed E-state index contributed by atoms with van der Waals surface area (Å²) in [5.41, 5.74) is 10.5. The molecule has 2 saturated carbocycles. The number of nitrogens with two attached hydrogens (primary N) is 1. The number of nitrogens with one attached hydrogen (secondary N) is 1. The van der Waals surface area contributed by atoms with Gasteiger partial charge in [-0.15, -0.1) is 0 Å². The van der Waals surface area contributed by atoms with Crippen LogP contribution < -0.4 is 11.3 Å². The quantitative estimate of drug-likeness (QED) is 0.546. The number of hydrogen-bond acceptors (Lipinski definition) is 3. The number of aromatic amines is 1. The van der Waals surface area contributed by atoms with Gasteiger partial charge in [-0.3, -0.25) is 9.89 Å². The molecule has 1 aromatic carbocycles. The van der Waals surface area contributed by atoms with Gasteiger partial charge in [0, 0.05) is 17.6 Å². The van der Waals surface area contributed by atoms with Crippen LogP contribution in [0.3, 0.4) is 0 Å². The molecule has 2 aliphatic rings. The Bertz CT molecular complexity index is 1170. The maximum atomic E-state index is 14.5. The van der Waals surface area contributed by atoms with E-state index in [0.717, 1.165) is 16.6 Å². The van der Waals surface area contributed by atoms with Crippen molar-refractivity contribution in [2.24, 2.45) is 5.73 Å². The Labute approximate surface area is 188 Å². The van der Waals surface area contributed by atoms with Gasteiger partial charge in [0.15, 0.2) is 0 Å². The average Bonchev–Trinajstić information content (AvgIpc) is 3.23. The minimum Gasteiger partial charge on any atom is -0.328 e. The molecule has 5 rings (SSSR count). The Balaban J connectivity index is 1.79. The van der Waals surface area contributed by atoms with E-state index < -0.39 is 6.17 Å². The van der Waals surface area contributed by atoms with Crippen LogP contribution in [-0.2, 0) is 6.54 Å². The lowest BCUT2D eigenvalue weighted by molar-refractivity contribution is 0.304. The number of pyridine rings is 1. The number of hydrogen-bond donors (Lipinski definition) is 2. The van der Waals surface area contributed by atoms with Crippen LogP contribution in [0.2, 0.25) is 0 Å². The van der Waals surface area contributed by atoms with E-state index in [2.05, 4.69) is 22.3 Å². The van der Waals surface area contributed by atoms with E-state index in [1.807, 2.05) is 6.92 Å². The zero-order chi connectivity index (χ0) is 22.2. The predicted octanol–water partition coefficient (Wildman–Crippen LogP) is 5.58. The summed E-state index contributed by atoms with van der Waals surface area (Å²) in [6.45, 7) is 1.76. The van der Waals surface area contributed by atoms with Gasteiger partial charge in [-0.1, -0.05) is 38.5 Å². The number of nitrogens with zero attached hydrogens (tertiary/aromatic N) is 2. The SMILES string of the molecule is Cc1[nH]nc2c1c(=O)n(C[C@@H](F)CN)c1cc(C3CCCCC3)c(C3CCCCC3)cc21. The molecule has 0 amide bonds. The Morgan fingerprint density at radius 2 is 1.66 bits per heavy atom. The lowest BCUT2D eigenvalue weighted by Crippen LogP contribution is -2.29. The highest BCUT2D eigenvalue weighted by atomic mass is 19.1. The van der Waals surface area contributed by atoms with Gasteiger partial charge in [-0.2, -0.15) is 5.10 Å². The Kier molecular flexibility index (Phi) is 6.06. The summed E-state index contributed by atoms with van der Waals surface area (Å²) in [6, 6.07) is 4.53. The van der Waals surface area contributed by atoms with Crippen molar-refractivity contribution in [3.8, 4) is 0 Å². The molecule has 0 spiro atoms. The van der Waals surface area contributed by atoms with Crippen LogP contribution in [0.15, 0.2) is 16.9 Å². The van der Waals surface area contributed by atoms with Crippen LogP contribution in [0.4, 0.5) is 4.39 Å². The number of aryl methyl sites for hydroxylation is 1. The van der Waals surface area contributed by atoms with Crippen molar-refractivity contribution < 1.29 is 4.39 Å². The second-order valence-electron chi connectivity index (χ2n) is 9.99. The molecule has 6 heteroatoms. The van der Waals surface area contributed by atoms with Gasteiger partial charge in [0.05, 0.1) is 17.4 Å². The summed E-state index contributed by atoms with van der Waals surface area (Å²) in [6.07, 6.45) is 11.3. The molecule has 1 atom stereocenters. The highest BCUT2D eigenvalue weighted by Crippen LogP contribution is 2.43. The van der Waals surface area contributed by atoms with E-state index in [1.54, 1.807) is 4.57 Å². The van der Waals surface area contributed by atoms with Crippen LogP contribution in [0.1, 0.15) is 92.9 Å². The molecule has 32 heavy (non-hydrogen) atoms. The van der Waals surface area contributed by atoms with Gasteiger partial charge in [-0.05, 0) is 67.7 Å². The van der Waals surface area contributed by atoms with Crippen LogP contribution in [0.5, 0.6) is 0 Å². The largest absolute Gasteiger partial charge is 0.328 e. The fraction of sp³-hybridized carbons (Fsp3) is 0.615. The first kappa shape index (κ1) is 21.6. The van der Waals surface area contributed by atoms with E-state index in [0.29, 0.717) is 22.7 Å². The molecule has 172 valence electrons. The van der Waals surface area contributed by atoms with Crippen LogP contribution in [0.25, 0.3) is 21.8 Å².